The number of carbonyl (C=O) groups excluding carboxylic acids is 1. The maximum Gasteiger partial charge on any atom is 0.317 e. The normalized spacial score (nSPS) is 14.8. The Hall–Kier alpha value is -1.82. The molecule has 1 fully saturated rings. The maximum absolute atomic E-state index is 12.7. The Labute approximate surface area is 124 Å². The molecule has 1 aromatic rings. The fraction of sp³-hybridized carbons (Fsp3) is 0.533. The first-order valence-electron chi connectivity index (χ1n) is 7.24. The van der Waals surface area contributed by atoms with Gasteiger partial charge in [-0.2, -0.15) is 0 Å². The summed E-state index contributed by atoms with van der Waals surface area (Å²) in [5.41, 5.74) is 0. The van der Waals surface area contributed by atoms with Gasteiger partial charge in [0.1, 0.15) is 11.6 Å². The van der Waals surface area contributed by atoms with E-state index in [4.69, 9.17) is 9.47 Å². The van der Waals surface area contributed by atoms with E-state index < -0.39 is 0 Å². The van der Waals surface area contributed by atoms with Crippen LogP contribution in [0.25, 0.3) is 0 Å². The summed E-state index contributed by atoms with van der Waals surface area (Å²) in [5, 5.41) is 2.88. The first-order chi connectivity index (χ1) is 10.3. The van der Waals surface area contributed by atoms with Crippen molar-refractivity contribution >= 4 is 6.03 Å². The van der Waals surface area contributed by atoms with Gasteiger partial charge in [0.05, 0.1) is 19.8 Å². The van der Waals surface area contributed by atoms with Crippen LogP contribution >= 0.6 is 0 Å². The highest BCUT2D eigenvalue weighted by molar-refractivity contribution is 5.74. The van der Waals surface area contributed by atoms with Gasteiger partial charge in [-0.1, -0.05) is 0 Å². The summed E-state index contributed by atoms with van der Waals surface area (Å²) in [7, 11) is 0. The summed E-state index contributed by atoms with van der Waals surface area (Å²) in [5.74, 6) is 0.391. The van der Waals surface area contributed by atoms with Crippen molar-refractivity contribution in [2.75, 3.05) is 39.5 Å². The maximum atomic E-state index is 12.7. The van der Waals surface area contributed by atoms with Crippen LogP contribution in [0.2, 0.25) is 0 Å². The molecule has 1 heterocycles. The number of hydrogen-bond acceptors (Lipinski definition) is 3. The predicted octanol–water partition coefficient (Wildman–Crippen LogP) is 2.03. The molecule has 1 aliphatic heterocycles. The van der Waals surface area contributed by atoms with Crippen LogP contribution in [-0.4, -0.2) is 50.4 Å². The van der Waals surface area contributed by atoms with Crippen LogP contribution in [-0.2, 0) is 4.74 Å². The zero-order chi connectivity index (χ0) is 14.9. The van der Waals surface area contributed by atoms with E-state index in [9.17, 15) is 9.18 Å². The average Bonchev–Trinajstić information content (AvgIpc) is 2.53. The number of unbranched alkanes of at least 4 members (excludes halogenated alkanes) is 1. The summed E-state index contributed by atoms with van der Waals surface area (Å²) >= 11 is 0. The van der Waals surface area contributed by atoms with Gasteiger partial charge in [0.2, 0.25) is 0 Å². The van der Waals surface area contributed by atoms with Gasteiger partial charge in [0.15, 0.2) is 0 Å². The van der Waals surface area contributed by atoms with E-state index in [1.54, 1.807) is 17.0 Å². The van der Waals surface area contributed by atoms with Crippen molar-refractivity contribution in [3.05, 3.63) is 30.1 Å². The van der Waals surface area contributed by atoms with E-state index in [2.05, 4.69) is 5.32 Å². The summed E-state index contributed by atoms with van der Waals surface area (Å²) in [4.78, 5) is 13.5. The first-order valence-corrected chi connectivity index (χ1v) is 7.24. The lowest BCUT2D eigenvalue weighted by Gasteiger charge is -2.26. The molecule has 0 aromatic heterocycles. The van der Waals surface area contributed by atoms with E-state index in [-0.39, 0.29) is 11.8 Å². The molecule has 0 aliphatic carbocycles. The smallest absolute Gasteiger partial charge is 0.317 e. The second kappa shape index (κ2) is 8.46. The molecule has 2 amide bonds. The zero-order valence-corrected chi connectivity index (χ0v) is 12.0. The number of amides is 2. The van der Waals surface area contributed by atoms with Crippen LogP contribution in [0.4, 0.5) is 9.18 Å². The highest BCUT2D eigenvalue weighted by Crippen LogP contribution is 2.11. The van der Waals surface area contributed by atoms with Crippen LogP contribution in [0.5, 0.6) is 5.75 Å². The lowest BCUT2D eigenvalue weighted by molar-refractivity contribution is 0.0532. The third-order valence-electron chi connectivity index (χ3n) is 3.23. The van der Waals surface area contributed by atoms with Crippen LogP contribution in [0.1, 0.15) is 12.8 Å². The summed E-state index contributed by atoms with van der Waals surface area (Å²) in [6.45, 7) is 3.71. The van der Waals surface area contributed by atoms with Gasteiger partial charge >= 0.3 is 6.03 Å². The number of ether oxygens (including phenoxy) is 2. The highest BCUT2D eigenvalue weighted by Gasteiger charge is 2.15. The first kappa shape index (κ1) is 15.6. The molecule has 21 heavy (non-hydrogen) atoms. The Balaban J connectivity index is 1.51. The largest absolute Gasteiger partial charge is 0.494 e. The molecule has 0 radical (unpaired) electrons. The van der Waals surface area contributed by atoms with E-state index in [1.165, 1.54) is 12.1 Å². The minimum Gasteiger partial charge on any atom is -0.494 e. The predicted molar refractivity (Wildman–Crippen MR) is 76.9 cm³/mol. The van der Waals surface area contributed by atoms with Crippen molar-refractivity contribution in [2.24, 2.45) is 0 Å². The van der Waals surface area contributed by atoms with Crippen molar-refractivity contribution in [3.63, 3.8) is 0 Å². The lowest BCUT2D eigenvalue weighted by atomic mass is 10.3. The van der Waals surface area contributed by atoms with E-state index >= 15 is 0 Å². The standard InChI is InChI=1S/C15H21FN2O3/c16-13-3-5-14(6-4-13)21-10-2-1-7-17-15(19)18-8-11-20-12-9-18/h3-6H,1-2,7-12H2,(H,17,19). The molecule has 1 aliphatic rings. The highest BCUT2D eigenvalue weighted by atomic mass is 19.1. The number of nitrogens with one attached hydrogen (secondary N) is 1. The molecule has 6 heteroatoms. The Morgan fingerprint density at radius 2 is 1.95 bits per heavy atom. The third-order valence-corrected chi connectivity index (χ3v) is 3.23. The molecule has 0 saturated carbocycles. The molecule has 116 valence electrons. The Kier molecular flexibility index (Phi) is 6.27. The number of hydrogen-bond donors (Lipinski definition) is 1. The van der Waals surface area contributed by atoms with Crippen molar-refractivity contribution in [1.29, 1.82) is 0 Å². The van der Waals surface area contributed by atoms with Crippen LogP contribution in [0.3, 0.4) is 0 Å². The number of morpholine rings is 1. The SMILES string of the molecule is O=C(NCCCCOc1ccc(F)cc1)N1CCOCC1. The van der Waals surface area contributed by atoms with E-state index in [0.29, 0.717) is 45.2 Å². The summed E-state index contributed by atoms with van der Waals surface area (Å²) in [6.07, 6.45) is 1.68. The molecule has 2 rings (SSSR count). The van der Waals surface area contributed by atoms with Crippen molar-refractivity contribution in [1.82, 2.24) is 10.2 Å². The molecule has 0 unspecified atom stereocenters. The van der Waals surface area contributed by atoms with Gasteiger partial charge in [-0.15, -0.1) is 0 Å². The Morgan fingerprint density at radius 1 is 1.24 bits per heavy atom. The molecule has 0 atom stereocenters. The quantitative estimate of drug-likeness (QED) is 0.817. The molecule has 1 saturated heterocycles. The fourth-order valence-electron chi connectivity index (χ4n) is 2.02. The van der Waals surface area contributed by atoms with Crippen LogP contribution in [0.15, 0.2) is 24.3 Å². The van der Waals surface area contributed by atoms with Gasteiger partial charge in [-0.05, 0) is 37.1 Å². The zero-order valence-electron chi connectivity index (χ0n) is 12.0. The average molecular weight is 296 g/mol. The number of benzene rings is 1. The summed E-state index contributed by atoms with van der Waals surface area (Å²) < 4.78 is 23.4. The number of nitrogens with zero attached hydrogens (tertiary/aromatic N) is 1. The van der Waals surface area contributed by atoms with Gasteiger partial charge in [0.25, 0.3) is 0 Å². The molecule has 1 N–H and O–H groups in total. The molecule has 0 bridgehead atoms. The second-order valence-electron chi connectivity index (χ2n) is 4.84. The van der Waals surface area contributed by atoms with Crippen LogP contribution < -0.4 is 10.1 Å². The lowest BCUT2D eigenvalue weighted by Crippen LogP contribution is -2.46. The molecule has 1 aromatic carbocycles. The van der Waals surface area contributed by atoms with Gasteiger partial charge in [0, 0.05) is 19.6 Å². The second-order valence-corrected chi connectivity index (χ2v) is 4.84. The Bertz CT molecular complexity index is 433. The number of carbonyl (C=O) groups is 1. The number of rotatable bonds is 6. The van der Waals surface area contributed by atoms with Crippen molar-refractivity contribution < 1.29 is 18.7 Å². The van der Waals surface area contributed by atoms with Crippen LogP contribution in [0, 0.1) is 5.82 Å². The van der Waals surface area contributed by atoms with Gasteiger partial charge in [-0.25, -0.2) is 9.18 Å². The summed E-state index contributed by atoms with van der Waals surface area (Å²) in [6, 6.07) is 5.93. The molecular formula is C15H21FN2O3. The molecular weight excluding hydrogens is 275 g/mol. The number of halogens is 1. The van der Waals surface area contributed by atoms with E-state index in [1.807, 2.05) is 0 Å². The Morgan fingerprint density at radius 3 is 2.67 bits per heavy atom. The minimum absolute atomic E-state index is 0.0299. The third kappa shape index (κ3) is 5.59. The van der Waals surface area contributed by atoms with Gasteiger partial charge in [-0.3, -0.25) is 0 Å². The van der Waals surface area contributed by atoms with E-state index in [0.717, 1.165) is 12.8 Å². The minimum atomic E-state index is -0.270. The fourth-order valence-corrected chi connectivity index (χ4v) is 2.02. The van der Waals surface area contributed by atoms with Crippen molar-refractivity contribution in [2.45, 2.75) is 12.8 Å². The van der Waals surface area contributed by atoms with Gasteiger partial charge < -0.3 is 19.7 Å². The molecule has 5 nitrogen and oxygen atoms in total. The molecule has 0 spiro atoms. The number of urea groups is 1. The monoisotopic (exact) mass is 296 g/mol. The van der Waals surface area contributed by atoms with Crippen molar-refractivity contribution in [3.8, 4) is 5.75 Å². The topological polar surface area (TPSA) is 50.8 Å².